The van der Waals surface area contributed by atoms with Crippen LogP contribution in [-0.4, -0.2) is 49.1 Å². The number of nitrogens with one attached hydrogen (secondary N) is 2. The van der Waals surface area contributed by atoms with Crippen LogP contribution >= 0.6 is 0 Å². The number of allylic oxidation sites excluding steroid dienone is 6. The molecule has 0 fully saturated rings. The minimum Gasteiger partial charge on any atom is -0.545 e. The zero-order chi connectivity index (χ0) is 28.8. The van der Waals surface area contributed by atoms with Crippen LogP contribution in [0.5, 0.6) is 11.5 Å². The molecule has 0 saturated carbocycles. The summed E-state index contributed by atoms with van der Waals surface area (Å²) in [6.07, 6.45) is 7.16. The number of benzene rings is 2. The van der Waals surface area contributed by atoms with Gasteiger partial charge in [-0.2, -0.15) is 10.2 Å². The number of carboxylic acids is 2. The summed E-state index contributed by atoms with van der Waals surface area (Å²) in [6.45, 7) is 0. The van der Waals surface area contributed by atoms with E-state index in [0.29, 0.717) is 22.9 Å². The van der Waals surface area contributed by atoms with Gasteiger partial charge in [0.2, 0.25) is 0 Å². The Labute approximate surface area is 284 Å². The quantitative estimate of drug-likeness (QED) is 0.125. The van der Waals surface area contributed by atoms with E-state index in [2.05, 4.69) is 21.1 Å². The maximum absolute atomic E-state index is 11.6. The molecular weight excluding hydrogens is 566 g/mol. The average Bonchev–Trinajstić information content (AvgIpc) is 2.95. The van der Waals surface area contributed by atoms with Gasteiger partial charge >= 0.3 is 59.1 Å². The number of anilines is 2. The van der Waals surface area contributed by atoms with E-state index in [1.54, 1.807) is 36.4 Å². The van der Waals surface area contributed by atoms with Gasteiger partial charge in [0.15, 0.2) is 11.6 Å². The smallest absolute Gasteiger partial charge is 0.545 e. The Balaban J connectivity index is 0.00000308. The molecule has 0 amide bonds. The van der Waals surface area contributed by atoms with Crippen LogP contribution in [0.4, 0.5) is 11.4 Å². The molecule has 0 saturated heterocycles. The van der Waals surface area contributed by atoms with E-state index >= 15 is 0 Å². The Kier molecular flexibility index (Phi) is 12.7. The molecule has 0 atom stereocenters. The number of ether oxygens (including phenoxy) is 2. The van der Waals surface area contributed by atoms with Gasteiger partial charge in [0.1, 0.15) is 11.5 Å². The minimum atomic E-state index is -1.59. The van der Waals surface area contributed by atoms with Gasteiger partial charge in [0, 0.05) is 11.1 Å². The van der Waals surface area contributed by atoms with Crippen LogP contribution in [0.15, 0.2) is 94.2 Å². The van der Waals surface area contributed by atoms with Crippen LogP contribution in [0, 0.1) is 0 Å². The Morgan fingerprint density at radius 2 is 1.05 bits per heavy atom. The predicted octanol–water partition coefficient (Wildman–Crippen LogP) is -5.45. The Morgan fingerprint density at radius 1 is 0.667 bits per heavy atom. The second-order valence-electron chi connectivity index (χ2n) is 8.21. The molecule has 2 aromatic rings. The third kappa shape index (κ3) is 8.16. The Hall–Kier alpha value is -3.78. The molecule has 0 aromatic heterocycles. The largest absolute Gasteiger partial charge is 1.00 e. The van der Waals surface area contributed by atoms with Crippen LogP contribution < -0.4 is 89.7 Å². The molecule has 2 aliphatic carbocycles. The summed E-state index contributed by atoms with van der Waals surface area (Å²) in [4.78, 5) is 45.4. The first-order valence-corrected chi connectivity index (χ1v) is 11.5. The fraction of sp³-hybridized carbons (Fsp3) is 0.0714. The third-order valence-electron chi connectivity index (χ3n) is 5.71. The number of rotatable bonds is 9. The first-order valence-electron chi connectivity index (χ1n) is 11.5. The van der Waals surface area contributed by atoms with E-state index in [4.69, 9.17) is 9.47 Å². The summed E-state index contributed by atoms with van der Waals surface area (Å²) in [5.74, 6) is -3.65. The summed E-state index contributed by atoms with van der Waals surface area (Å²) in [5.41, 5.74) is 7.54. The maximum atomic E-state index is 11.6. The van der Waals surface area contributed by atoms with Gasteiger partial charge in [0.25, 0.3) is 0 Å². The van der Waals surface area contributed by atoms with Crippen molar-refractivity contribution in [2.24, 2.45) is 10.2 Å². The summed E-state index contributed by atoms with van der Waals surface area (Å²) < 4.78 is 11.0. The topological polar surface area (TPSA) is 182 Å². The van der Waals surface area contributed by atoms with Gasteiger partial charge in [-0.25, -0.2) is 0 Å². The first-order chi connectivity index (χ1) is 19.2. The molecule has 202 valence electrons. The molecule has 4 rings (SSSR count). The molecule has 2 N–H and O–H groups in total. The van der Waals surface area contributed by atoms with Crippen molar-refractivity contribution in [3.63, 3.8) is 0 Å². The molecule has 0 aliphatic heterocycles. The summed E-state index contributed by atoms with van der Waals surface area (Å²) in [5, 5.41) is 30.4. The van der Waals surface area contributed by atoms with Crippen molar-refractivity contribution < 1.29 is 98.0 Å². The van der Waals surface area contributed by atoms with Crippen molar-refractivity contribution >= 4 is 46.3 Å². The van der Waals surface area contributed by atoms with E-state index < -0.39 is 34.7 Å². The Morgan fingerprint density at radius 3 is 1.38 bits per heavy atom. The van der Waals surface area contributed by atoms with Crippen LogP contribution in [0.1, 0.15) is 0 Å². The second-order valence-corrected chi connectivity index (χ2v) is 8.21. The zero-order valence-electron chi connectivity index (χ0n) is 23.1. The van der Waals surface area contributed by atoms with Crippen molar-refractivity contribution in [2.75, 3.05) is 25.1 Å². The minimum absolute atomic E-state index is 0. The number of carbonyl (C=O) groups excluding carboxylic acids is 4. The normalized spacial score (nSPS) is 15.7. The van der Waals surface area contributed by atoms with E-state index in [0.717, 1.165) is 35.4 Å². The van der Waals surface area contributed by atoms with Crippen LogP contribution in [0.2, 0.25) is 0 Å². The molecule has 12 nitrogen and oxygen atoms in total. The number of hydrazone groups is 2. The number of hydrogen-bond donors (Lipinski definition) is 2. The van der Waals surface area contributed by atoms with Crippen molar-refractivity contribution in [3.8, 4) is 22.6 Å². The van der Waals surface area contributed by atoms with Crippen LogP contribution in [0.3, 0.4) is 0 Å². The van der Waals surface area contributed by atoms with Crippen molar-refractivity contribution in [1.82, 2.24) is 0 Å². The van der Waals surface area contributed by atoms with E-state index in [1.807, 2.05) is 0 Å². The molecule has 2 aliphatic rings. The third-order valence-corrected chi connectivity index (χ3v) is 5.71. The molecule has 0 radical (unpaired) electrons. The van der Waals surface area contributed by atoms with E-state index in [1.165, 1.54) is 26.4 Å². The van der Waals surface area contributed by atoms with Gasteiger partial charge in [-0.05, 0) is 71.8 Å². The number of carboxylic acid groups (broad SMARTS) is 2. The van der Waals surface area contributed by atoms with Crippen LogP contribution in [-0.2, 0) is 19.2 Å². The van der Waals surface area contributed by atoms with Gasteiger partial charge in [0.05, 0.1) is 49.0 Å². The molecule has 2 aromatic carbocycles. The van der Waals surface area contributed by atoms with E-state index in [-0.39, 0.29) is 70.5 Å². The zero-order valence-corrected chi connectivity index (χ0v) is 27.1. The number of ketones is 2. The summed E-state index contributed by atoms with van der Waals surface area (Å²) in [7, 11) is 2.95. The number of methoxy groups -OCH3 is 2. The van der Waals surface area contributed by atoms with Crippen molar-refractivity contribution in [3.05, 3.63) is 84.0 Å². The fourth-order valence-electron chi connectivity index (χ4n) is 3.67. The second kappa shape index (κ2) is 15.4. The van der Waals surface area contributed by atoms with Gasteiger partial charge < -0.3 is 29.3 Å². The molecule has 42 heavy (non-hydrogen) atoms. The molecule has 0 spiro atoms. The number of aliphatic carboxylic acids is 2. The Bertz CT molecular complexity index is 1500. The molecule has 14 heteroatoms. The number of nitrogens with zero attached hydrogens (tertiary/aromatic N) is 2. The first kappa shape index (κ1) is 34.4. The van der Waals surface area contributed by atoms with Gasteiger partial charge in [-0.15, -0.1) is 0 Å². The average molecular weight is 586 g/mol. The van der Waals surface area contributed by atoms with Crippen LogP contribution in [0.25, 0.3) is 11.1 Å². The van der Waals surface area contributed by atoms with Gasteiger partial charge in [-0.3, -0.25) is 20.4 Å². The number of carbonyl (C=O) groups is 4. The predicted molar refractivity (Wildman–Crippen MR) is 142 cm³/mol. The molecular formula is C28H20N4Na2O8. The van der Waals surface area contributed by atoms with Crippen molar-refractivity contribution in [1.29, 1.82) is 0 Å². The molecule has 0 bridgehead atoms. The summed E-state index contributed by atoms with van der Waals surface area (Å²) >= 11 is 0. The number of hydrogen-bond acceptors (Lipinski definition) is 12. The SMILES string of the molecule is COc1cc(-c2ccc(N/N=C3\C=CC(=O)C(C(=O)[O-])=C3)c(OC)c2)ccc1N/N=C1/C=CC(=O)C(C(=O)[O-])=C1.[Na+].[Na+]. The monoisotopic (exact) mass is 586 g/mol. The maximum Gasteiger partial charge on any atom is 1.00 e. The van der Waals surface area contributed by atoms with Crippen molar-refractivity contribution in [2.45, 2.75) is 0 Å². The summed E-state index contributed by atoms with van der Waals surface area (Å²) in [6, 6.07) is 10.5. The molecule has 0 heterocycles. The molecule has 0 unspecified atom stereocenters. The standard InChI is InChI=1S/C28H22N4O8.2Na/c1-39-25-11-15(3-7-21(25)31-29-17-5-9-23(33)19(13-17)27(35)36)16-4-8-22(26(12-16)40-2)32-30-18-6-10-24(34)20(14-18)28(37)38;;/h3-14,31-32H,1-2H3,(H,35,36)(H,37,38);;/q;2*+1/p-2/b29-17-,30-18+;;. The van der Waals surface area contributed by atoms with E-state index in [9.17, 15) is 29.4 Å². The fourth-order valence-corrected chi connectivity index (χ4v) is 3.67. The van der Waals surface area contributed by atoms with Gasteiger partial charge in [-0.1, -0.05) is 12.1 Å².